The van der Waals surface area contributed by atoms with E-state index < -0.39 is 9.84 Å². The van der Waals surface area contributed by atoms with Crippen molar-refractivity contribution >= 4 is 38.8 Å². The van der Waals surface area contributed by atoms with Crippen molar-refractivity contribution in [3.8, 4) is 0 Å². The molecule has 2 aromatic carbocycles. The number of pyridine rings is 1. The zero-order chi connectivity index (χ0) is 18.3. The third-order valence-corrected chi connectivity index (χ3v) is 6.70. The smallest absolute Gasteiger partial charge is 0.208 e. The monoisotopic (exact) mass is 403 g/mol. The number of sulfone groups is 1. The molecule has 2 heterocycles. The molecule has 1 aliphatic rings. The number of rotatable bonds is 4. The molecule has 0 saturated carbocycles. The standard InChI is InChI=1S/C20H21N3O2S.ClH/c1-22(2)16-13-23(14-16)19-10-6-7-15-11-18(12-21-20(15)19)26(24,25)17-8-4-3-5-9-17;/h3-12,16H,13-14H2,1-2H3;1H. The van der Waals surface area contributed by atoms with E-state index in [1.165, 1.54) is 6.20 Å². The maximum Gasteiger partial charge on any atom is 0.208 e. The van der Waals surface area contributed by atoms with Crippen LogP contribution in [0.5, 0.6) is 0 Å². The van der Waals surface area contributed by atoms with Gasteiger partial charge in [-0.2, -0.15) is 0 Å². The van der Waals surface area contributed by atoms with Gasteiger partial charge in [0.05, 0.1) is 21.0 Å². The van der Waals surface area contributed by atoms with Gasteiger partial charge < -0.3 is 9.80 Å². The SMILES string of the molecule is CN(C)C1CN(c2cccc3cc(S(=O)(=O)c4ccccc4)cnc23)C1.Cl. The largest absolute Gasteiger partial charge is 0.366 e. The lowest BCUT2D eigenvalue weighted by Gasteiger charge is -2.44. The predicted molar refractivity (Wildman–Crippen MR) is 111 cm³/mol. The number of benzene rings is 2. The zero-order valence-corrected chi connectivity index (χ0v) is 16.9. The van der Waals surface area contributed by atoms with E-state index in [9.17, 15) is 8.42 Å². The second-order valence-electron chi connectivity index (χ2n) is 6.86. The van der Waals surface area contributed by atoms with E-state index in [1.807, 2.05) is 18.2 Å². The van der Waals surface area contributed by atoms with Crippen molar-refractivity contribution in [2.24, 2.45) is 0 Å². The van der Waals surface area contributed by atoms with Crippen LogP contribution in [0.15, 0.2) is 70.6 Å². The van der Waals surface area contributed by atoms with Gasteiger partial charge in [0.2, 0.25) is 9.84 Å². The fraction of sp³-hybridized carbons (Fsp3) is 0.250. The van der Waals surface area contributed by atoms with Gasteiger partial charge in [0.1, 0.15) is 0 Å². The van der Waals surface area contributed by atoms with Crippen molar-refractivity contribution in [3.05, 3.63) is 60.8 Å². The second-order valence-corrected chi connectivity index (χ2v) is 8.81. The van der Waals surface area contributed by atoms with E-state index in [4.69, 9.17) is 0 Å². The van der Waals surface area contributed by atoms with Crippen molar-refractivity contribution in [1.82, 2.24) is 9.88 Å². The zero-order valence-electron chi connectivity index (χ0n) is 15.2. The molecule has 1 fully saturated rings. The first-order valence-corrected chi connectivity index (χ1v) is 10.1. The van der Waals surface area contributed by atoms with Crippen LogP contribution in [0, 0.1) is 0 Å². The number of nitrogens with zero attached hydrogens (tertiary/aromatic N) is 3. The van der Waals surface area contributed by atoms with E-state index in [-0.39, 0.29) is 22.2 Å². The van der Waals surface area contributed by atoms with Crippen molar-refractivity contribution in [1.29, 1.82) is 0 Å². The molecule has 0 radical (unpaired) electrons. The Balaban J connectivity index is 0.00000210. The maximum atomic E-state index is 12.8. The molecule has 5 nitrogen and oxygen atoms in total. The third-order valence-electron chi connectivity index (χ3n) is 4.96. The minimum absolute atomic E-state index is 0. The van der Waals surface area contributed by atoms with Crippen molar-refractivity contribution < 1.29 is 8.42 Å². The summed E-state index contributed by atoms with van der Waals surface area (Å²) in [5, 5.41) is 0.841. The van der Waals surface area contributed by atoms with Gasteiger partial charge in [-0.05, 0) is 38.4 Å². The number of fused-ring (bicyclic) bond motifs is 1. The minimum Gasteiger partial charge on any atom is -0.366 e. The quantitative estimate of drug-likeness (QED) is 0.669. The molecule has 1 saturated heterocycles. The Morgan fingerprint density at radius 1 is 1.00 bits per heavy atom. The summed E-state index contributed by atoms with van der Waals surface area (Å²) in [4.78, 5) is 9.53. The highest BCUT2D eigenvalue weighted by Crippen LogP contribution is 2.31. The van der Waals surface area contributed by atoms with E-state index in [2.05, 4.69) is 28.9 Å². The van der Waals surface area contributed by atoms with Crippen LogP contribution in [0.25, 0.3) is 10.9 Å². The Hall–Kier alpha value is -2.15. The molecule has 0 unspecified atom stereocenters. The Labute approximate surface area is 166 Å². The summed E-state index contributed by atoms with van der Waals surface area (Å²) in [6.45, 7) is 1.91. The van der Waals surface area contributed by atoms with Crippen molar-refractivity contribution in [2.75, 3.05) is 32.1 Å². The average molecular weight is 404 g/mol. The molecule has 1 aromatic heterocycles. The molecule has 142 valence electrons. The van der Waals surface area contributed by atoms with Gasteiger partial charge >= 0.3 is 0 Å². The summed E-state index contributed by atoms with van der Waals surface area (Å²) in [5.74, 6) is 0. The molecule has 27 heavy (non-hydrogen) atoms. The van der Waals surface area contributed by atoms with Crippen LogP contribution in [0.4, 0.5) is 5.69 Å². The van der Waals surface area contributed by atoms with Gasteiger partial charge in [-0.3, -0.25) is 4.98 Å². The van der Waals surface area contributed by atoms with Crippen molar-refractivity contribution in [3.63, 3.8) is 0 Å². The maximum absolute atomic E-state index is 12.8. The highest BCUT2D eigenvalue weighted by Gasteiger charge is 2.29. The molecule has 0 N–H and O–H groups in total. The number of halogens is 1. The Morgan fingerprint density at radius 3 is 2.37 bits per heavy atom. The molecule has 0 amide bonds. The van der Waals surface area contributed by atoms with E-state index >= 15 is 0 Å². The lowest BCUT2D eigenvalue weighted by atomic mass is 10.1. The molecule has 3 aromatic rings. The summed E-state index contributed by atoms with van der Waals surface area (Å²) in [5.41, 5.74) is 1.90. The van der Waals surface area contributed by atoms with Crippen LogP contribution in [0.1, 0.15) is 0 Å². The summed E-state index contributed by atoms with van der Waals surface area (Å²) < 4.78 is 25.7. The van der Waals surface area contributed by atoms with Crippen LogP contribution < -0.4 is 4.90 Å². The Morgan fingerprint density at radius 2 is 1.70 bits per heavy atom. The van der Waals surface area contributed by atoms with E-state index in [1.54, 1.807) is 36.4 Å². The lowest BCUT2D eigenvalue weighted by Crippen LogP contribution is -2.57. The summed E-state index contributed by atoms with van der Waals surface area (Å²) in [7, 11) is 0.617. The highest BCUT2D eigenvalue weighted by atomic mass is 35.5. The highest BCUT2D eigenvalue weighted by molar-refractivity contribution is 7.91. The third kappa shape index (κ3) is 3.52. The second kappa shape index (κ2) is 7.46. The first-order valence-electron chi connectivity index (χ1n) is 8.57. The van der Waals surface area contributed by atoms with Gasteiger partial charge in [-0.15, -0.1) is 12.4 Å². The lowest BCUT2D eigenvalue weighted by molar-refractivity contribution is 0.247. The number of hydrogen-bond acceptors (Lipinski definition) is 5. The van der Waals surface area contributed by atoms with Gasteiger partial charge in [0.25, 0.3) is 0 Å². The number of para-hydroxylation sites is 1. The fourth-order valence-corrected chi connectivity index (χ4v) is 4.50. The van der Waals surface area contributed by atoms with E-state index in [0.29, 0.717) is 6.04 Å². The molecule has 0 aliphatic carbocycles. The topological polar surface area (TPSA) is 53.5 Å². The number of hydrogen-bond donors (Lipinski definition) is 0. The summed E-state index contributed by atoms with van der Waals surface area (Å²) in [6.07, 6.45) is 1.47. The molecule has 4 rings (SSSR count). The summed E-state index contributed by atoms with van der Waals surface area (Å²) >= 11 is 0. The van der Waals surface area contributed by atoms with Crippen LogP contribution in [0.2, 0.25) is 0 Å². The Kier molecular flexibility index (Phi) is 5.42. The first-order chi connectivity index (χ1) is 12.5. The first kappa shape index (κ1) is 19.6. The fourth-order valence-electron chi connectivity index (χ4n) is 3.24. The number of aromatic nitrogens is 1. The van der Waals surface area contributed by atoms with Gasteiger partial charge in [-0.25, -0.2) is 8.42 Å². The normalized spacial score (nSPS) is 14.9. The van der Waals surface area contributed by atoms with Crippen LogP contribution in [-0.4, -0.2) is 51.5 Å². The van der Waals surface area contributed by atoms with Gasteiger partial charge in [0.15, 0.2) is 0 Å². The molecule has 7 heteroatoms. The predicted octanol–water partition coefficient (Wildman–Crippen LogP) is 3.24. The van der Waals surface area contributed by atoms with Gasteiger partial charge in [-0.1, -0.05) is 30.3 Å². The summed E-state index contributed by atoms with van der Waals surface area (Å²) in [6, 6.07) is 16.7. The number of anilines is 1. The average Bonchev–Trinajstić information content (AvgIpc) is 2.60. The van der Waals surface area contributed by atoms with Crippen LogP contribution in [-0.2, 0) is 9.84 Å². The molecule has 0 bridgehead atoms. The molecule has 0 atom stereocenters. The molecule has 1 aliphatic heterocycles. The Bertz CT molecular complexity index is 1050. The molecular formula is C20H22ClN3O2S. The van der Waals surface area contributed by atoms with Crippen molar-refractivity contribution in [2.45, 2.75) is 15.8 Å². The van der Waals surface area contributed by atoms with Crippen LogP contribution >= 0.6 is 12.4 Å². The minimum atomic E-state index is -3.56. The molecule has 0 spiro atoms. The van der Waals surface area contributed by atoms with E-state index in [0.717, 1.165) is 29.7 Å². The van der Waals surface area contributed by atoms with Crippen LogP contribution in [0.3, 0.4) is 0 Å². The molecular weight excluding hydrogens is 382 g/mol. The van der Waals surface area contributed by atoms with Gasteiger partial charge in [0, 0.05) is 30.7 Å². The number of likely N-dealkylation sites (N-methyl/N-ethyl adjacent to an activating group) is 1.